The molecule has 1 amide bonds. The van der Waals surface area contributed by atoms with Gasteiger partial charge in [-0.2, -0.15) is 5.10 Å². The molecular formula is C15H11N3O2. The van der Waals surface area contributed by atoms with E-state index < -0.39 is 0 Å². The van der Waals surface area contributed by atoms with Gasteiger partial charge in [0.15, 0.2) is 5.78 Å². The van der Waals surface area contributed by atoms with Crippen molar-refractivity contribution in [2.75, 3.05) is 0 Å². The van der Waals surface area contributed by atoms with Crippen LogP contribution < -0.4 is 5.43 Å². The van der Waals surface area contributed by atoms with Crippen LogP contribution in [-0.2, 0) is 0 Å². The molecule has 0 fully saturated rings. The fraction of sp³-hybridized carbons (Fsp3) is 0.0667. The molecule has 1 heterocycles. The smallest absolute Gasteiger partial charge is 0.271 e. The number of nitrogens with zero attached hydrogens (tertiary/aromatic N) is 2. The molecule has 1 N–H and O–H groups in total. The molecule has 1 aromatic heterocycles. The van der Waals surface area contributed by atoms with Crippen molar-refractivity contribution in [3.63, 3.8) is 0 Å². The average Bonchev–Trinajstić information content (AvgIpc) is 2.83. The number of carbonyl (C=O) groups excluding carboxylic acids is 2. The summed E-state index contributed by atoms with van der Waals surface area (Å²) in [6.07, 6.45) is 3.29. The molecule has 0 unspecified atom stereocenters. The van der Waals surface area contributed by atoms with Crippen LogP contribution in [0, 0.1) is 0 Å². The standard InChI is InChI=1S/C15H11N3O2/c19-14-9-13(11-3-1-2-4-12(11)14)17-18-15(20)10-5-7-16-8-6-10/h1-8H,9H2,(H,18,20). The Morgan fingerprint density at radius 2 is 1.80 bits per heavy atom. The lowest BCUT2D eigenvalue weighted by molar-refractivity contribution is 0.0951. The van der Waals surface area contributed by atoms with Crippen molar-refractivity contribution in [1.29, 1.82) is 0 Å². The minimum atomic E-state index is -0.322. The van der Waals surface area contributed by atoms with Crippen LogP contribution in [0.25, 0.3) is 0 Å². The Labute approximate surface area is 115 Å². The van der Waals surface area contributed by atoms with Crippen LogP contribution in [0.4, 0.5) is 0 Å². The van der Waals surface area contributed by atoms with Crippen LogP contribution >= 0.6 is 0 Å². The van der Waals surface area contributed by atoms with Crippen LogP contribution in [0.15, 0.2) is 53.9 Å². The third-order valence-corrected chi connectivity index (χ3v) is 3.10. The first-order chi connectivity index (χ1) is 9.75. The number of pyridine rings is 1. The van der Waals surface area contributed by atoms with E-state index in [4.69, 9.17) is 0 Å². The SMILES string of the molecule is O=C(NN=C1CC(=O)c2ccccc21)c1ccncc1. The summed E-state index contributed by atoms with van der Waals surface area (Å²) in [6.45, 7) is 0. The van der Waals surface area contributed by atoms with Crippen molar-refractivity contribution in [3.8, 4) is 0 Å². The van der Waals surface area contributed by atoms with Gasteiger partial charge in [-0.25, -0.2) is 5.43 Å². The lowest BCUT2D eigenvalue weighted by Crippen LogP contribution is -2.19. The summed E-state index contributed by atoms with van der Waals surface area (Å²) < 4.78 is 0. The monoisotopic (exact) mass is 265 g/mol. The summed E-state index contributed by atoms with van der Waals surface area (Å²) in [4.78, 5) is 27.5. The highest BCUT2D eigenvalue weighted by Gasteiger charge is 2.25. The number of fused-ring (bicyclic) bond motifs is 1. The highest BCUT2D eigenvalue weighted by molar-refractivity contribution is 6.26. The Balaban J connectivity index is 1.82. The molecule has 0 spiro atoms. The van der Waals surface area contributed by atoms with Crippen molar-refractivity contribution in [2.45, 2.75) is 6.42 Å². The van der Waals surface area contributed by atoms with Gasteiger partial charge in [-0.15, -0.1) is 0 Å². The first-order valence-corrected chi connectivity index (χ1v) is 6.15. The van der Waals surface area contributed by atoms with Gasteiger partial charge in [0.05, 0.1) is 12.1 Å². The fourth-order valence-electron chi connectivity index (χ4n) is 2.11. The van der Waals surface area contributed by atoms with Crippen molar-refractivity contribution >= 4 is 17.4 Å². The summed E-state index contributed by atoms with van der Waals surface area (Å²) in [5, 5.41) is 4.07. The zero-order valence-electron chi connectivity index (χ0n) is 10.5. The maximum absolute atomic E-state index is 11.9. The first kappa shape index (κ1) is 12.2. The Kier molecular flexibility index (Phi) is 3.09. The zero-order valence-corrected chi connectivity index (χ0v) is 10.5. The minimum absolute atomic E-state index is 0.0255. The van der Waals surface area contributed by atoms with E-state index in [0.717, 1.165) is 5.56 Å². The van der Waals surface area contributed by atoms with E-state index >= 15 is 0 Å². The molecule has 20 heavy (non-hydrogen) atoms. The predicted octanol–water partition coefficient (Wildman–Crippen LogP) is 1.80. The first-order valence-electron chi connectivity index (χ1n) is 6.15. The normalized spacial score (nSPS) is 15.2. The topological polar surface area (TPSA) is 71.4 Å². The number of aromatic nitrogens is 1. The third kappa shape index (κ3) is 2.21. The maximum Gasteiger partial charge on any atom is 0.271 e. The summed E-state index contributed by atoms with van der Waals surface area (Å²) in [5.74, 6) is -0.297. The number of hydrogen-bond acceptors (Lipinski definition) is 4. The van der Waals surface area contributed by atoms with Crippen molar-refractivity contribution in [1.82, 2.24) is 10.4 Å². The molecule has 0 atom stereocenters. The number of rotatable bonds is 2. The molecule has 5 heteroatoms. The van der Waals surface area contributed by atoms with E-state index in [1.165, 1.54) is 12.4 Å². The molecule has 0 bridgehead atoms. The summed E-state index contributed by atoms with van der Waals surface area (Å²) >= 11 is 0. The van der Waals surface area contributed by atoms with Crippen molar-refractivity contribution in [2.24, 2.45) is 5.10 Å². The Morgan fingerprint density at radius 3 is 2.55 bits per heavy atom. The van der Waals surface area contributed by atoms with Gasteiger partial charge >= 0.3 is 0 Å². The van der Waals surface area contributed by atoms with Gasteiger partial charge in [-0.3, -0.25) is 14.6 Å². The van der Waals surface area contributed by atoms with E-state index in [-0.39, 0.29) is 18.1 Å². The third-order valence-electron chi connectivity index (χ3n) is 3.10. The number of hydrogen-bond donors (Lipinski definition) is 1. The number of Topliss-reactive ketones (excluding diaryl/α,β-unsaturated/α-hetero) is 1. The number of ketones is 1. The van der Waals surface area contributed by atoms with Gasteiger partial charge in [0, 0.05) is 29.1 Å². The lowest BCUT2D eigenvalue weighted by atomic mass is 10.1. The van der Waals surface area contributed by atoms with Gasteiger partial charge in [-0.05, 0) is 12.1 Å². The number of benzene rings is 1. The Bertz CT molecular complexity index is 708. The molecule has 3 rings (SSSR count). The van der Waals surface area contributed by atoms with Crippen molar-refractivity contribution in [3.05, 3.63) is 65.5 Å². The van der Waals surface area contributed by atoms with Crippen LogP contribution in [0.3, 0.4) is 0 Å². The van der Waals surface area contributed by atoms with Gasteiger partial charge in [0.1, 0.15) is 0 Å². The van der Waals surface area contributed by atoms with Gasteiger partial charge in [0.25, 0.3) is 5.91 Å². The number of hydrazone groups is 1. The van der Waals surface area contributed by atoms with E-state index in [2.05, 4.69) is 15.5 Å². The van der Waals surface area contributed by atoms with Crippen LogP contribution in [0.5, 0.6) is 0 Å². The van der Waals surface area contributed by atoms with Crippen LogP contribution in [0.2, 0.25) is 0 Å². The molecule has 1 aliphatic carbocycles. The van der Waals surface area contributed by atoms with E-state index in [0.29, 0.717) is 16.8 Å². The van der Waals surface area contributed by atoms with Crippen LogP contribution in [-0.4, -0.2) is 22.4 Å². The molecular weight excluding hydrogens is 254 g/mol. The molecule has 1 aromatic carbocycles. The molecule has 0 saturated heterocycles. The molecule has 98 valence electrons. The average molecular weight is 265 g/mol. The maximum atomic E-state index is 11.9. The van der Waals surface area contributed by atoms with E-state index in [1.54, 1.807) is 18.2 Å². The minimum Gasteiger partial charge on any atom is -0.294 e. The van der Waals surface area contributed by atoms with E-state index in [9.17, 15) is 9.59 Å². The van der Waals surface area contributed by atoms with E-state index in [1.807, 2.05) is 18.2 Å². The van der Waals surface area contributed by atoms with Gasteiger partial charge in [-0.1, -0.05) is 24.3 Å². The second kappa shape index (κ2) is 5.05. The second-order valence-corrected chi connectivity index (χ2v) is 4.38. The fourth-order valence-corrected chi connectivity index (χ4v) is 2.11. The summed E-state index contributed by atoms with van der Waals surface area (Å²) in [7, 11) is 0. The molecule has 2 aromatic rings. The molecule has 0 radical (unpaired) electrons. The lowest BCUT2D eigenvalue weighted by Gasteiger charge is -2.01. The van der Waals surface area contributed by atoms with Crippen molar-refractivity contribution < 1.29 is 9.59 Å². The highest BCUT2D eigenvalue weighted by Crippen LogP contribution is 2.21. The molecule has 5 nitrogen and oxygen atoms in total. The number of nitrogens with one attached hydrogen (secondary N) is 1. The highest BCUT2D eigenvalue weighted by atomic mass is 16.2. The molecule has 0 aliphatic heterocycles. The summed E-state index contributed by atoms with van der Waals surface area (Å²) in [6, 6.07) is 10.5. The predicted molar refractivity (Wildman–Crippen MR) is 73.6 cm³/mol. The zero-order chi connectivity index (χ0) is 13.9. The summed E-state index contributed by atoms with van der Waals surface area (Å²) in [5.41, 5.74) is 4.98. The number of carbonyl (C=O) groups is 2. The number of amides is 1. The van der Waals surface area contributed by atoms with Gasteiger partial charge in [0.2, 0.25) is 0 Å². The quantitative estimate of drug-likeness (QED) is 0.842. The second-order valence-electron chi connectivity index (χ2n) is 4.38. The Hall–Kier alpha value is -2.82. The van der Waals surface area contributed by atoms with Crippen LogP contribution in [0.1, 0.15) is 32.7 Å². The molecule has 0 saturated carbocycles. The Morgan fingerprint density at radius 1 is 1.10 bits per heavy atom. The van der Waals surface area contributed by atoms with Gasteiger partial charge < -0.3 is 0 Å². The largest absolute Gasteiger partial charge is 0.294 e. The molecule has 1 aliphatic rings.